The van der Waals surface area contributed by atoms with E-state index in [9.17, 15) is 9.59 Å². The number of ether oxygens (including phenoxy) is 4. The van der Waals surface area contributed by atoms with E-state index in [-0.39, 0.29) is 12.1 Å². The van der Waals surface area contributed by atoms with Gasteiger partial charge in [0.05, 0.1) is 62.6 Å². The maximum atomic E-state index is 14.8. The van der Waals surface area contributed by atoms with Crippen LogP contribution in [-0.2, 0) is 0 Å². The van der Waals surface area contributed by atoms with Crippen LogP contribution in [0.25, 0.3) is 90.9 Å². The topological polar surface area (TPSA) is 207 Å². The maximum Gasteiger partial charge on any atom is 0.321 e. The molecule has 7 aliphatic rings. The summed E-state index contributed by atoms with van der Waals surface area (Å²) in [5.41, 5.74) is 12.9. The van der Waals surface area contributed by atoms with Gasteiger partial charge in [-0.1, -0.05) is 36.4 Å². The van der Waals surface area contributed by atoms with Crippen molar-refractivity contribution in [3.8, 4) is 67.5 Å². The van der Waals surface area contributed by atoms with Crippen LogP contribution in [0.3, 0.4) is 0 Å². The number of carbonyl (C=O) groups is 2. The highest BCUT2D eigenvalue weighted by Gasteiger charge is 2.25. The van der Waals surface area contributed by atoms with Crippen molar-refractivity contribution in [1.82, 2.24) is 51.0 Å². The number of methoxy groups -OCH3 is 4. The van der Waals surface area contributed by atoms with Crippen molar-refractivity contribution < 1.29 is 28.5 Å². The highest BCUT2D eigenvalue weighted by Crippen LogP contribution is 2.43. The summed E-state index contributed by atoms with van der Waals surface area (Å²) in [6, 6.07) is 35.0. The smallest absolute Gasteiger partial charge is 0.321 e. The minimum Gasteiger partial charge on any atom is -0.497 e. The molecule has 7 aliphatic heterocycles. The molecule has 0 aliphatic carbocycles. The van der Waals surface area contributed by atoms with Crippen LogP contribution >= 0.6 is 0 Å². The lowest BCUT2D eigenvalue weighted by atomic mass is 10.0. The summed E-state index contributed by atoms with van der Waals surface area (Å²) < 4.78 is 23.5. The van der Waals surface area contributed by atoms with Crippen molar-refractivity contribution in [1.29, 1.82) is 0 Å². The molecule has 80 heavy (non-hydrogen) atoms. The average molecular weight is 1080 g/mol. The number of nitrogens with zero attached hydrogens (tertiary/aromatic N) is 4. The SMILES string of the molecule is COc1cc(OC)cc(-c2c3nc(c4c5ccc([nH]5)c(-c5cc(OC)cc(OC)c5)c5nc(c(c6ccc2[nH]6)-c2ccccc2NC(=O)N2CCNCCNCCN(CCNCCNCC2)C(=O)Nc2ccccc2-4)C=C5)C=C3)c1. The van der Waals surface area contributed by atoms with Crippen molar-refractivity contribution in [3.63, 3.8) is 0 Å². The van der Waals surface area contributed by atoms with Crippen molar-refractivity contribution >= 4 is 69.8 Å². The third-order valence-electron chi connectivity index (χ3n) is 14.7. The lowest BCUT2D eigenvalue weighted by Crippen LogP contribution is -2.46. The first kappa shape index (κ1) is 53.1. The molecule has 7 aromatic rings. The predicted molar refractivity (Wildman–Crippen MR) is 319 cm³/mol. The van der Waals surface area contributed by atoms with E-state index in [4.69, 9.17) is 28.9 Å². The fourth-order valence-electron chi connectivity index (χ4n) is 10.6. The van der Waals surface area contributed by atoms with Crippen molar-refractivity contribution in [2.75, 3.05) is 118 Å². The van der Waals surface area contributed by atoms with Gasteiger partial charge in [-0.05, 0) is 96.1 Å². The number of aromatic amines is 2. The summed E-state index contributed by atoms with van der Waals surface area (Å²) in [6.07, 6.45) is 8.07. The van der Waals surface area contributed by atoms with Gasteiger partial charge in [0.2, 0.25) is 0 Å². The largest absolute Gasteiger partial charge is 0.497 e. The Morgan fingerprint density at radius 2 is 0.700 bits per heavy atom. The first-order chi connectivity index (χ1) is 39.3. The normalized spacial score (nSPS) is 15.6. The number of H-pyrrole nitrogens is 2. The van der Waals surface area contributed by atoms with Gasteiger partial charge in [0.1, 0.15) is 23.0 Å². The molecule has 3 aromatic heterocycles. The van der Waals surface area contributed by atoms with E-state index in [1.165, 1.54) is 0 Å². The van der Waals surface area contributed by atoms with Gasteiger partial charge < -0.3 is 70.6 Å². The van der Waals surface area contributed by atoms with Gasteiger partial charge in [0.15, 0.2) is 0 Å². The molecule has 1 saturated heterocycles. The molecule has 18 heteroatoms. The molecule has 0 saturated carbocycles. The van der Waals surface area contributed by atoms with E-state index in [0.29, 0.717) is 136 Å². The Bertz CT molecular complexity index is 3380. The number of amides is 4. The summed E-state index contributed by atoms with van der Waals surface area (Å²) in [7, 11) is 6.54. The average Bonchev–Trinajstić information content (AvgIpc) is 4.43. The quantitative estimate of drug-likeness (QED) is 0.0784. The molecule has 4 amide bonds. The second-order valence-corrected chi connectivity index (χ2v) is 19.6. The van der Waals surface area contributed by atoms with Crippen LogP contribution in [0.5, 0.6) is 23.0 Å². The minimum atomic E-state index is -0.233. The fraction of sp³-hybridized carbons (Fsp3) is 0.258. The second-order valence-electron chi connectivity index (χ2n) is 19.6. The van der Waals surface area contributed by atoms with Crippen molar-refractivity contribution in [3.05, 3.63) is 132 Å². The first-order valence-corrected chi connectivity index (χ1v) is 27.1. The number of hydrogen-bond acceptors (Lipinski definition) is 12. The van der Waals surface area contributed by atoms with Gasteiger partial charge in [-0.2, -0.15) is 0 Å². The molecule has 8 N–H and O–H groups in total. The summed E-state index contributed by atoms with van der Waals surface area (Å²) in [5.74, 6) is 2.40. The number of para-hydroxylation sites is 2. The molecular formula is C62H66N12O6. The number of hydrogen-bond donors (Lipinski definition) is 8. The van der Waals surface area contributed by atoms with Crippen LogP contribution < -0.4 is 50.8 Å². The van der Waals surface area contributed by atoms with Gasteiger partial charge in [0, 0.05) is 146 Å². The molecule has 14 rings (SSSR count). The Hall–Kier alpha value is -8.94. The molecule has 1 fully saturated rings. The van der Waals surface area contributed by atoms with Gasteiger partial charge in [-0.25, -0.2) is 19.6 Å². The molecular weight excluding hydrogens is 1010 g/mol. The number of rotatable bonds is 6. The zero-order chi connectivity index (χ0) is 55.0. The molecule has 0 atom stereocenters. The molecule has 4 aromatic carbocycles. The summed E-state index contributed by atoms with van der Waals surface area (Å²) >= 11 is 0. The van der Waals surface area contributed by atoms with Crippen molar-refractivity contribution in [2.45, 2.75) is 0 Å². The molecule has 18 nitrogen and oxygen atoms in total. The van der Waals surface area contributed by atoms with E-state index in [2.05, 4.69) is 41.9 Å². The minimum absolute atomic E-state index is 0.233. The van der Waals surface area contributed by atoms with Crippen LogP contribution in [0.1, 0.15) is 22.8 Å². The van der Waals surface area contributed by atoms with Crippen molar-refractivity contribution in [2.24, 2.45) is 0 Å². The van der Waals surface area contributed by atoms with E-state index in [1.54, 1.807) is 28.4 Å². The Morgan fingerprint density at radius 3 is 1.04 bits per heavy atom. The van der Waals surface area contributed by atoms with Gasteiger partial charge >= 0.3 is 12.1 Å². The third kappa shape index (κ3) is 11.5. The lowest BCUT2D eigenvalue weighted by molar-refractivity contribution is 0.209. The highest BCUT2D eigenvalue weighted by molar-refractivity contribution is 6.05. The summed E-state index contributed by atoms with van der Waals surface area (Å²) in [6.45, 7) is 6.86. The Labute approximate surface area is 464 Å². The zero-order valence-corrected chi connectivity index (χ0v) is 45.4. The zero-order valence-electron chi connectivity index (χ0n) is 45.4. The standard InChI is InChI=1S/C62H66N12O6/c1-77-41-33-39(34-42(37-41)78-2)57-49-13-17-53(67-49)59-45-9-5-7-11-47(45)71-61(75)73-29-25-63-21-23-65-27-31-74(32-28-66-24-22-64-26-30-73)62(76)72-48-12-8-6-10-46(48)60(54-18-14-50(57)68-54)56-20-16-52(70-56)58(51-15-19-55(59)69-51)40-35-43(79-3)38-44(36-40)80-4/h5-20,33-38,63-67,70H,21-32H2,1-4H3,(H,71,75)(H,72,76). The molecule has 0 spiro atoms. The van der Waals surface area contributed by atoms with Crippen LogP contribution in [0.2, 0.25) is 0 Å². The highest BCUT2D eigenvalue weighted by atomic mass is 16.5. The Balaban J connectivity index is 1.27. The number of carbonyl (C=O) groups excluding carboxylic acids is 2. The fourth-order valence-corrected chi connectivity index (χ4v) is 10.6. The molecule has 410 valence electrons. The monoisotopic (exact) mass is 1070 g/mol. The van der Waals surface area contributed by atoms with Crippen LogP contribution in [0.15, 0.2) is 109 Å². The number of urea groups is 2. The lowest BCUT2D eigenvalue weighted by Gasteiger charge is -2.25. The first-order valence-electron chi connectivity index (χ1n) is 27.1. The second kappa shape index (κ2) is 24.4. The summed E-state index contributed by atoms with van der Waals surface area (Å²) in [5, 5.41) is 20.8. The van der Waals surface area contributed by atoms with E-state index in [1.807, 2.05) is 143 Å². The Morgan fingerprint density at radius 1 is 0.388 bits per heavy atom. The molecule has 0 unspecified atom stereocenters. The van der Waals surface area contributed by atoms with E-state index < -0.39 is 0 Å². The summed E-state index contributed by atoms with van der Waals surface area (Å²) in [4.78, 5) is 52.0. The molecule has 0 radical (unpaired) electrons. The van der Waals surface area contributed by atoms with Gasteiger partial charge in [0.25, 0.3) is 0 Å². The number of aromatic nitrogens is 4. The van der Waals surface area contributed by atoms with E-state index >= 15 is 0 Å². The molecule has 10 heterocycles. The number of anilines is 2. The predicted octanol–water partition coefficient (Wildman–Crippen LogP) is 9.41. The van der Waals surface area contributed by atoms with Crippen LogP contribution in [-0.4, -0.2) is 149 Å². The third-order valence-corrected chi connectivity index (χ3v) is 14.7. The van der Waals surface area contributed by atoms with E-state index in [0.717, 1.165) is 66.6 Å². The van der Waals surface area contributed by atoms with Crippen LogP contribution in [0.4, 0.5) is 21.0 Å². The number of benzene rings is 4. The number of nitrogens with one attached hydrogen (secondary N) is 8. The van der Waals surface area contributed by atoms with Crippen LogP contribution in [0, 0.1) is 0 Å². The Kier molecular flexibility index (Phi) is 16.2. The van der Waals surface area contributed by atoms with Gasteiger partial charge in [-0.3, -0.25) is 0 Å². The maximum absolute atomic E-state index is 14.8. The van der Waals surface area contributed by atoms with Gasteiger partial charge in [-0.15, -0.1) is 0 Å². The molecule has 12 bridgehead atoms.